The molecule has 1 rings (SSSR count). The van der Waals surface area contributed by atoms with Gasteiger partial charge in [0.25, 0.3) is 0 Å². The zero-order valence-electron chi connectivity index (χ0n) is 7.95. The van der Waals surface area contributed by atoms with Crippen LogP contribution in [0.15, 0.2) is 29.3 Å². The van der Waals surface area contributed by atoms with E-state index in [4.69, 9.17) is 0 Å². The lowest BCUT2D eigenvalue weighted by molar-refractivity contribution is 0.556. The minimum atomic E-state index is -0.0295. The van der Waals surface area contributed by atoms with Gasteiger partial charge in [-0.2, -0.15) is 4.99 Å². The Kier molecular flexibility index (Phi) is 3.41. The lowest BCUT2D eigenvalue weighted by atomic mass is 10.0. The maximum atomic E-state index is 10.1. The molecule has 0 aromatic heterocycles. The molecule has 1 atom stereocenters. The molecule has 1 aromatic rings. The molecule has 2 heteroatoms. The fraction of sp³-hybridized carbons (Fsp3) is 0.364. The summed E-state index contributed by atoms with van der Waals surface area (Å²) in [5.41, 5.74) is 2.30. The van der Waals surface area contributed by atoms with Crippen LogP contribution in [-0.4, -0.2) is 6.08 Å². The van der Waals surface area contributed by atoms with Crippen LogP contribution in [0.3, 0.4) is 0 Å². The maximum absolute atomic E-state index is 10.1. The first-order valence-electron chi connectivity index (χ1n) is 4.41. The first kappa shape index (κ1) is 9.69. The third-order valence-corrected chi connectivity index (χ3v) is 2.06. The monoisotopic (exact) mass is 175 g/mol. The number of nitrogens with zero attached hydrogens (tertiary/aromatic N) is 1. The Balaban J connectivity index is 2.91. The maximum Gasteiger partial charge on any atom is 0.235 e. The van der Waals surface area contributed by atoms with Crippen molar-refractivity contribution in [2.45, 2.75) is 26.3 Å². The van der Waals surface area contributed by atoms with Crippen LogP contribution >= 0.6 is 0 Å². The van der Waals surface area contributed by atoms with E-state index < -0.39 is 0 Å². The number of isocyanates is 1. The third-order valence-electron chi connectivity index (χ3n) is 2.06. The van der Waals surface area contributed by atoms with Gasteiger partial charge in [0.05, 0.1) is 6.04 Å². The Bertz CT molecular complexity index is 309. The normalized spacial score (nSPS) is 11.8. The van der Waals surface area contributed by atoms with E-state index in [1.807, 2.05) is 38.1 Å². The Labute approximate surface area is 78.3 Å². The van der Waals surface area contributed by atoms with Gasteiger partial charge in [-0.25, -0.2) is 4.79 Å². The Morgan fingerprint density at radius 2 is 2.00 bits per heavy atom. The molecular weight excluding hydrogens is 162 g/mol. The van der Waals surface area contributed by atoms with Crippen molar-refractivity contribution in [3.8, 4) is 0 Å². The van der Waals surface area contributed by atoms with Crippen molar-refractivity contribution in [2.75, 3.05) is 0 Å². The molecule has 68 valence electrons. The molecule has 0 aliphatic rings. The van der Waals surface area contributed by atoms with Gasteiger partial charge in [0.1, 0.15) is 0 Å². The Hall–Kier alpha value is -1.40. The van der Waals surface area contributed by atoms with E-state index in [2.05, 4.69) is 4.99 Å². The van der Waals surface area contributed by atoms with Crippen molar-refractivity contribution in [1.82, 2.24) is 0 Å². The predicted molar refractivity (Wildman–Crippen MR) is 52.3 cm³/mol. The molecule has 0 bridgehead atoms. The molecule has 0 amide bonds. The van der Waals surface area contributed by atoms with E-state index in [0.717, 1.165) is 12.0 Å². The number of carbonyl (C=O) groups excluding carboxylic acids is 1. The highest BCUT2D eigenvalue weighted by atomic mass is 16.1. The highest BCUT2D eigenvalue weighted by Gasteiger charge is 2.05. The average Bonchev–Trinajstić information content (AvgIpc) is 2.16. The van der Waals surface area contributed by atoms with Gasteiger partial charge in [0.2, 0.25) is 6.08 Å². The average molecular weight is 175 g/mol. The summed E-state index contributed by atoms with van der Waals surface area (Å²) in [6, 6.07) is 8.03. The van der Waals surface area contributed by atoms with Crippen LogP contribution in [0.25, 0.3) is 0 Å². The summed E-state index contributed by atoms with van der Waals surface area (Å²) < 4.78 is 0. The zero-order valence-corrected chi connectivity index (χ0v) is 7.95. The lowest BCUT2D eigenvalue weighted by Gasteiger charge is -2.07. The van der Waals surface area contributed by atoms with Gasteiger partial charge in [-0.15, -0.1) is 0 Å². The summed E-state index contributed by atoms with van der Waals surface area (Å²) in [4.78, 5) is 13.9. The number of benzene rings is 1. The Morgan fingerprint density at radius 3 is 2.46 bits per heavy atom. The molecular formula is C11H13NO. The second kappa shape index (κ2) is 4.58. The second-order valence-corrected chi connectivity index (χ2v) is 3.06. The fourth-order valence-corrected chi connectivity index (χ4v) is 1.25. The summed E-state index contributed by atoms with van der Waals surface area (Å²) >= 11 is 0. The lowest BCUT2D eigenvalue weighted by Crippen LogP contribution is -1.92. The molecule has 0 radical (unpaired) electrons. The summed E-state index contributed by atoms with van der Waals surface area (Å²) in [6.07, 6.45) is 2.44. The molecule has 0 heterocycles. The molecule has 0 unspecified atom stereocenters. The minimum absolute atomic E-state index is 0.0295. The molecule has 1 aromatic carbocycles. The van der Waals surface area contributed by atoms with Crippen molar-refractivity contribution >= 4 is 6.08 Å². The zero-order chi connectivity index (χ0) is 9.68. The molecule has 0 saturated heterocycles. The van der Waals surface area contributed by atoms with E-state index in [1.165, 1.54) is 5.56 Å². The Morgan fingerprint density at radius 1 is 1.38 bits per heavy atom. The minimum Gasteiger partial charge on any atom is -0.211 e. The summed E-state index contributed by atoms with van der Waals surface area (Å²) in [5, 5.41) is 0. The van der Waals surface area contributed by atoms with Crippen LogP contribution in [0.1, 0.15) is 30.5 Å². The number of aryl methyl sites for hydroxylation is 1. The number of hydrogen-bond donors (Lipinski definition) is 0. The van der Waals surface area contributed by atoms with Gasteiger partial charge in [-0.05, 0) is 18.9 Å². The number of rotatable bonds is 3. The van der Waals surface area contributed by atoms with Crippen LogP contribution in [0.4, 0.5) is 0 Å². The molecule has 0 aliphatic heterocycles. The molecule has 0 fully saturated rings. The largest absolute Gasteiger partial charge is 0.235 e. The number of aliphatic imine (C=N–C) groups is 1. The van der Waals surface area contributed by atoms with Crippen molar-refractivity contribution in [3.63, 3.8) is 0 Å². The fourth-order valence-electron chi connectivity index (χ4n) is 1.25. The molecule has 13 heavy (non-hydrogen) atoms. The van der Waals surface area contributed by atoms with Crippen LogP contribution in [0, 0.1) is 6.92 Å². The molecule has 0 spiro atoms. The van der Waals surface area contributed by atoms with Crippen LogP contribution in [0.5, 0.6) is 0 Å². The first-order valence-corrected chi connectivity index (χ1v) is 4.41. The summed E-state index contributed by atoms with van der Waals surface area (Å²) in [7, 11) is 0. The molecule has 0 N–H and O–H groups in total. The van der Waals surface area contributed by atoms with E-state index in [0.29, 0.717) is 0 Å². The highest BCUT2D eigenvalue weighted by molar-refractivity contribution is 5.35. The highest BCUT2D eigenvalue weighted by Crippen LogP contribution is 2.20. The van der Waals surface area contributed by atoms with E-state index in [9.17, 15) is 4.79 Å². The van der Waals surface area contributed by atoms with Gasteiger partial charge < -0.3 is 0 Å². The van der Waals surface area contributed by atoms with E-state index in [1.54, 1.807) is 6.08 Å². The molecule has 0 saturated carbocycles. The van der Waals surface area contributed by atoms with Crippen LogP contribution in [0.2, 0.25) is 0 Å². The number of hydrogen-bond acceptors (Lipinski definition) is 2. The predicted octanol–water partition coefficient (Wildman–Crippen LogP) is 2.78. The van der Waals surface area contributed by atoms with E-state index in [-0.39, 0.29) is 6.04 Å². The van der Waals surface area contributed by atoms with Crippen molar-refractivity contribution in [3.05, 3.63) is 35.4 Å². The summed E-state index contributed by atoms with van der Waals surface area (Å²) in [6.45, 7) is 4.04. The van der Waals surface area contributed by atoms with Gasteiger partial charge in [0.15, 0.2) is 0 Å². The molecule has 0 aliphatic carbocycles. The quantitative estimate of drug-likeness (QED) is 0.513. The summed E-state index contributed by atoms with van der Waals surface area (Å²) in [5.74, 6) is 0. The van der Waals surface area contributed by atoms with Gasteiger partial charge in [0, 0.05) is 0 Å². The van der Waals surface area contributed by atoms with Crippen LogP contribution < -0.4 is 0 Å². The second-order valence-electron chi connectivity index (χ2n) is 3.06. The van der Waals surface area contributed by atoms with Crippen molar-refractivity contribution < 1.29 is 4.79 Å². The topological polar surface area (TPSA) is 29.4 Å². The van der Waals surface area contributed by atoms with E-state index >= 15 is 0 Å². The van der Waals surface area contributed by atoms with Crippen molar-refractivity contribution in [2.24, 2.45) is 4.99 Å². The standard InChI is InChI=1S/C11H13NO/c1-3-11(12-8-13)10-6-4-9(2)5-7-10/h4-7,11H,3H2,1-2H3/t11-/m1/s1. The van der Waals surface area contributed by atoms with Gasteiger partial charge >= 0.3 is 0 Å². The SMILES string of the molecule is CC[C@@H](N=C=O)c1ccc(C)cc1. The smallest absolute Gasteiger partial charge is 0.211 e. The van der Waals surface area contributed by atoms with Gasteiger partial charge in [-0.1, -0.05) is 36.8 Å². The first-order chi connectivity index (χ1) is 6.27. The third kappa shape index (κ3) is 2.53. The van der Waals surface area contributed by atoms with Crippen LogP contribution in [-0.2, 0) is 4.79 Å². The van der Waals surface area contributed by atoms with Crippen molar-refractivity contribution in [1.29, 1.82) is 0 Å². The molecule has 2 nitrogen and oxygen atoms in total. The van der Waals surface area contributed by atoms with Gasteiger partial charge in [-0.3, -0.25) is 0 Å².